The van der Waals surface area contributed by atoms with Crippen molar-refractivity contribution >= 4 is 22.9 Å². The summed E-state index contributed by atoms with van der Waals surface area (Å²) < 4.78 is 0. The van der Waals surface area contributed by atoms with Crippen molar-refractivity contribution in [1.82, 2.24) is 10.2 Å². The maximum Gasteiger partial charge on any atom is 0.256 e. The summed E-state index contributed by atoms with van der Waals surface area (Å²) in [5.41, 5.74) is 2.40. The zero-order valence-corrected chi connectivity index (χ0v) is 8.39. The van der Waals surface area contributed by atoms with Crippen LogP contribution in [0.25, 0.3) is 0 Å². The van der Waals surface area contributed by atoms with E-state index < -0.39 is 0 Å². The van der Waals surface area contributed by atoms with Gasteiger partial charge in [-0.3, -0.25) is 9.89 Å². The minimum Gasteiger partial charge on any atom is -0.319 e. The third-order valence-electron chi connectivity index (χ3n) is 1.86. The Morgan fingerprint density at radius 3 is 3.00 bits per heavy atom. The molecule has 0 fully saturated rings. The van der Waals surface area contributed by atoms with Gasteiger partial charge < -0.3 is 5.32 Å². The van der Waals surface area contributed by atoms with Crippen molar-refractivity contribution in [3.8, 4) is 0 Å². The number of anilines is 1. The molecule has 2 aromatic rings. The van der Waals surface area contributed by atoms with E-state index >= 15 is 0 Å². The number of carbonyl (C=O) groups excluding carboxylic acids is 1. The zero-order valence-electron chi connectivity index (χ0n) is 7.57. The molecular formula is C9H9N3OS. The van der Waals surface area contributed by atoms with Crippen LogP contribution in [0.3, 0.4) is 0 Å². The van der Waals surface area contributed by atoms with Crippen LogP contribution in [0.1, 0.15) is 15.9 Å². The van der Waals surface area contributed by atoms with Gasteiger partial charge in [-0.2, -0.15) is 16.4 Å². The van der Waals surface area contributed by atoms with E-state index in [2.05, 4.69) is 15.5 Å². The van der Waals surface area contributed by atoms with E-state index in [0.29, 0.717) is 5.69 Å². The largest absolute Gasteiger partial charge is 0.319 e. The van der Waals surface area contributed by atoms with E-state index in [9.17, 15) is 4.79 Å². The second kappa shape index (κ2) is 3.63. The Hall–Kier alpha value is -1.62. The molecule has 0 aromatic carbocycles. The normalized spacial score (nSPS) is 10.1. The summed E-state index contributed by atoms with van der Waals surface area (Å²) in [5.74, 6) is -0.0925. The number of hydrogen-bond acceptors (Lipinski definition) is 3. The van der Waals surface area contributed by atoms with Gasteiger partial charge in [-0.15, -0.1) is 0 Å². The van der Waals surface area contributed by atoms with Gasteiger partial charge in [0.15, 0.2) is 0 Å². The number of amides is 1. The van der Waals surface area contributed by atoms with Crippen molar-refractivity contribution in [2.45, 2.75) is 6.92 Å². The van der Waals surface area contributed by atoms with E-state index in [1.165, 1.54) is 11.3 Å². The smallest absolute Gasteiger partial charge is 0.256 e. The first-order valence-electron chi connectivity index (χ1n) is 4.10. The van der Waals surface area contributed by atoms with Crippen molar-refractivity contribution in [1.29, 1.82) is 0 Å². The Morgan fingerprint density at radius 1 is 1.57 bits per heavy atom. The molecular weight excluding hydrogens is 198 g/mol. The fraction of sp³-hybridized carbons (Fsp3) is 0.111. The molecule has 0 spiro atoms. The van der Waals surface area contributed by atoms with Crippen molar-refractivity contribution in [2.24, 2.45) is 0 Å². The quantitative estimate of drug-likeness (QED) is 0.791. The van der Waals surface area contributed by atoms with Crippen LogP contribution in [-0.4, -0.2) is 16.1 Å². The number of rotatable bonds is 2. The molecule has 0 atom stereocenters. The summed E-state index contributed by atoms with van der Waals surface area (Å²) in [7, 11) is 0. The average molecular weight is 207 g/mol. The lowest BCUT2D eigenvalue weighted by molar-refractivity contribution is 0.102. The molecule has 0 unspecified atom stereocenters. The van der Waals surface area contributed by atoms with Gasteiger partial charge in [0.25, 0.3) is 5.91 Å². The van der Waals surface area contributed by atoms with Crippen molar-refractivity contribution in [2.75, 3.05) is 5.32 Å². The highest BCUT2D eigenvalue weighted by Gasteiger charge is 2.09. The van der Waals surface area contributed by atoms with Crippen LogP contribution in [0.2, 0.25) is 0 Å². The summed E-state index contributed by atoms with van der Waals surface area (Å²) in [6.07, 6.45) is 3.21. The van der Waals surface area contributed by atoms with Gasteiger partial charge in [-0.25, -0.2) is 0 Å². The van der Waals surface area contributed by atoms with Gasteiger partial charge in [-0.1, -0.05) is 0 Å². The van der Waals surface area contributed by atoms with Gasteiger partial charge >= 0.3 is 0 Å². The third-order valence-corrected chi connectivity index (χ3v) is 2.72. The maximum atomic E-state index is 11.6. The number of nitrogens with one attached hydrogen (secondary N) is 2. The van der Waals surface area contributed by atoms with E-state index in [1.807, 2.05) is 17.7 Å². The molecule has 2 aromatic heterocycles. The number of carbonyl (C=O) groups is 1. The Morgan fingerprint density at radius 2 is 2.43 bits per heavy atom. The van der Waals surface area contributed by atoms with Gasteiger partial charge in [0.1, 0.15) is 0 Å². The summed E-state index contributed by atoms with van der Waals surface area (Å²) in [5, 5.41) is 12.9. The zero-order chi connectivity index (χ0) is 9.97. The van der Waals surface area contributed by atoms with Crippen LogP contribution in [0.5, 0.6) is 0 Å². The molecule has 5 heteroatoms. The van der Waals surface area contributed by atoms with E-state index in [1.54, 1.807) is 12.4 Å². The molecule has 0 saturated heterocycles. The monoisotopic (exact) mass is 207 g/mol. The van der Waals surface area contributed by atoms with E-state index in [4.69, 9.17) is 0 Å². The van der Waals surface area contributed by atoms with Crippen LogP contribution in [0, 0.1) is 6.92 Å². The lowest BCUT2D eigenvalue weighted by atomic mass is 10.2. The minimum absolute atomic E-state index is 0.0925. The predicted octanol–water partition coefficient (Wildman–Crippen LogP) is 2.03. The highest BCUT2D eigenvalue weighted by atomic mass is 32.1. The lowest BCUT2D eigenvalue weighted by Crippen LogP contribution is -2.11. The molecule has 2 N–H and O–H groups in total. The number of aromatic nitrogens is 2. The standard InChI is InChI=1S/C9H9N3OS/c1-6-4-14-5-8(6)9(13)12-7-2-10-11-3-7/h2-5H,1H3,(H,10,11)(H,12,13). The highest BCUT2D eigenvalue weighted by molar-refractivity contribution is 7.08. The second-order valence-electron chi connectivity index (χ2n) is 2.91. The molecule has 0 radical (unpaired) electrons. The van der Waals surface area contributed by atoms with Gasteiger partial charge in [0, 0.05) is 11.6 Å². The van der Waals surface area contributed by atoms with Crippen LogP contribution >= 0.6 is 11.3 Å². The van der Waals surface area contributed by atoms with Crippen molar-refractivity contribution in [3.05, 3.63) is 34.3 Å². The third kappa shape index (κ3) is 1.67. The first kappa shape index (κ1) is 8.96. The molecule has 0 aliphatic heterocycles. The Kier molecular flexibility index (Phi) is 2.32. The molecule has 1 amide bonds. The topological polar surface area (TPSA) is 57.8 Å². The van der Waals surface area contributed by atoms with Gasteiger partial charge in [0.05, 0.1) is 17.4 Å². The number of hydrogen-bond donors (Lipinski definition) is 2. The van der Waals surface area contributed by atoms with Crippen LogP contribution in [0.4, 0.5) is 5.69 Å². The highest BCUT2D eigenvalue weighted by Crippen LogP contribution is 2.15. The fourth-order valence-electron chi connectivity index (χ4n) is 1.11. The van der Waals surface area contributed by atoms with E-state index in [0.717, 1.165) is 11.1 Å². The molecule has 4 nitrogen and oxygen atoms in total. The number of thiophene rings is 1. The molecule has 0 bridgehead atoms. The number of aryl methyl sites for hydroxylation is 1. The Bertz CT molecular complexity index is 433. The summed E-state index contributed by atoms with van der Waals surface area (Å²) in [4.78, 5) is 11.6. The van der Waals surface area contributed by atoms with Crippen molar-refractivity contribution < 1.29 is 4.79 Å². The fourth-order valence-corrected chi connectivity index (χ4v) is 1.94. The lowest BCUT2D eigenvalue weighted by Gasteiger charge is -2.00. The maximum absolute atomic E-state index is 11.6. The molecule has 2 heterocycles. The summed E-state index contributed by atoms with van der Waals surface area (Å²) in [6, 6.07) is 0. The average Bonchev–Trinajstić information content (AvgIpc) is 2.75. The summed E-state index contributed by atoms with van der Waals surface area (Å²) in [6.45, 7) is 1.92. The van der Waals surface area contributed by atoms with Gasteiger partial charge in [-0.05, 0) is 17.9 Å². The first-order valence-corrected chi connectivity index (χ1v) is 5.04. The molecule has 0 saturated carbocycles. The molecule has 0 aliphatic carbocycles. The molecule has 0 aliphatic rings. The molecule has 72 valence electrons. The molecule has 14 heavy (non-hydrogen) atoms. The number of aromatic amines is 1. The minimum atomic E-state index is -0.0925. The van der Waals surface area contributed by atoms with E-state index in [-0.39, 0.29) is 5.91 Å². The van der Waals surface area contributed by atoms with Crippen molar-refractivity contribution in [3.63, 3.8) is 0 Å². The van der Waals surface area contributed by atoms with Crippen LogP contribution < -0.4 is 5.32 Å². The second-order valence-corrected chi connectivity index (χ2v) is 3.65. The van der Waals surface area contributed by atoms with Crippen LogP contribution in [-0.2, 0) is 0 Å². The Labute approximate surface area is 85.0 Å². The molecule has 2 rings (SSSR count). The summed E-state index contributed by atoms with van der Waals surface area (Å²) >= 11 is 1.52. The predicted molar refractivity (Wildman–Crippen MR) is 55.6 cm³/mol. The number of nitrogens with zero attached hydrogens (tertiary/aromatic N) is 1. The SMILES string of the molecule is Cc1cscc1C(=O)Nc1cn[nH]c1. The Balaban J connectivity index is 2.14. The number of H-pyrrole nitrogens is 1. The van der Waals surface area contributed by atoms with Crippen LogP contribution in [0.15, 0.2) is 23.2 Å². The first-order chi connectivity index (χ1) is 6.77. The van der Waals surface area contributed by atoms with Gasteiger partial charge in [0.2, 0.25) is 0 Å².